The fourth-order valence-electron chi connectivity index (χ4n) is 1.72. The molecule has 0 amide bonds. The molecule has 4 heteroatoms. The van der Waals surface area contributed by atoms with Crippen molar-refractivity contribution in [3.63, 3.8) is 0 Å². The zero-order valence-corrected chi connectivity index (χ0v) is 10.5. The molecule has 0 saturated carbocycles. The van der Waals surface area contributed by atoms with Gasteiger partial charge in [0, 0.05) is 18.4 Å². The summed E-state index contributed by atoms with van der Waals surface area (Å²) < 4.78 is 0. The van der Waals surface area contributed by atoms with Gasteiger partial charge >= 0.3 is 0 Å². The summed E-state index contributed by atoms with van der Waals surface area (Å²) in [4.78, 5) is 3.97. The van der Waals surface area contributed by atoms with Crippen molar-refractivity contribution in [1.82, 2.24) is 10.4 Å². The molecule has 0 aliphatic carbocycles. The summed E-state index contributed by atoms with van der Waals surface area (Å²) >= 11 is 6.06. The highest BCUT2D eigenvalue weighted by Gasteiger charge is 2.09. The molecule has 1 heterocycles. The Kier molecular flexibility index (Phi) is 6.38. The van der Waals surface area contributed by atoms with Crippen molar-refractivity contribution in [1.29, 1.82) is 0 Å². The first-order valence-electron chi connectivity index (χ1n) is 5.82. The fraction of sp³-hybridized carbons (Fsp3) is 0.583. The van der Waals surface area contributed by atoms with Gasteiger partial charge in [0.05, 0.1) is 5.02 Å². The van der Waals surface area contributed by atoms with Gasteiger partial charge in [-0.1, -0.05) is 37.8 Å². The monoisotopic (exact) mass is 241 g/mol. The second-order valence-corrected chi connectivity index (χ2v) is 4.44. The molecule has 90 valence electrons. The van der Waals surface area contributed by atoms with E-state index in [1.807, 2.05) is 6.07 Å². The molecule has 1 aromatic heterocycles. The van der Waals surface area contributed by atoms with Crippen LogP contribution in [0, 0.1) is 0 Å². The summed E-state index contributed by atoms with van der Waals surface area (Å²) in [7, 11) is 0. The van der Waals surface area contributed by atoms with Crippen LogP contribution in [-0.4, -0.2) is 11.0 Å². The molecule has 1 unspecified atom stereocenters. The molecule has 16 heavy (non-hydrogen) atoms. The summed E-state index contributed by atoms with van der Waals surface area (Å²) in [5.74, 6) is 5.54. The average molecular weight is 242 g/mol. The maximum atomic E-state index is 6.06. The van der Waals surface area contributed by atoms with E-state index >= 15 is 0 Å². The molecular formula is C12H20ClN3. The van der Waals surface area contributed by atoms with E-state index in [2.05, 4.69) is 17.3 Å². The molecule has 0 saturated heterocycles. The highest BCUT2D eigenvalue weighted by atomic mass is 35.5. The van der Waals surface area contributed by atoms with E-state index in [4.69, 9.17) is 17.4 Å². The van der Waals surface area contributed by atoms with Crippen molar-refractivity contribution in [2.24, 2.45) is 5.84 Å². The number of hydrogen-bond donors (Lipinski definition) is 2. The SMILES string of the molecule is CCCCCC(Cc1ccncc1Cl)NN. The lowest BCUT2D eigenvalue weighted by Crippen LogP contribution is -2.36. The number of nitrogens with one attached hydrogen (secondary N) is 1. The molecule has 0 radical (unpaired) electrons. The van der Waals surface area contributed by atoms with E-state index in [0.717, 1.165) is 23.4 Å². The fourth-order valence-corrected chi connectivity index (χ4v) is 1.92. The average Bonchev–Trinajstić information content (AvgIpc) is 2.30. The Morgan fingerprint density at radius 1 is 1.50 bits per heavy atom. The minimum absolute atomic E-state index is 0.298. The molecule has 3 nitrogen and oxygen atoms in total. The Hall–Kier alpha value is -0.640. The number of hydrogen-bond acceptors (Lipinski definition) is 3. The van der Waals surface area contributed by atoms with Crippen LogP contribution in [-0.2, 0) is 6.42 Å². The van der Waals surface area contributed by atoms with Crippen LogP contribution in [0.25, 0.3) is 0 Å². The van der Waals surface area contributed by atoms with Crippen molar-refractivity contribution in [2.75, 3.05) is 0 Å². The first kappa shape index (κ1) is 13.4. The van der Waals surface area contributed by atoms with Crippen LogP contribution >= 0.6 is 11.6 Å². The van der Waals surface area contributed by atoms with Crippen LogP contribution in [0.15, 0.2) is 18.5 Å². The Balaban J connectivity index is 2.46. The summed E-state index contributed by atoms with van der Waals surface area (Å²) in [6.45, 7) is 2.20. The Morgan fingerprint density at radius 2 is 2.31 bits per heavy atom. The third-order valence-electron chi connectivity index (χ3n) is 2.71. The minimum atomic E-state index is 0.298. The Morgan fingerprint density at radius 3 is 2.94 bits per heavy atom. The molecule has 0 bridgehead atoms. The van der Waals surface area contributed by atoms with E-state index in [0.29, 0.717) is 6.04 Å². The maximum Gasteiger partial charge on any atom is 0.0621 e. The number of rotatable bonds is 7. The van der Waals surface area contributed by atoms with E-state index < -0.39 is 0 Å². The highest BCUT2D eigenvalue weighted by Crippen LogP contribution is 2.17. The summed E-state index contributed by atoms with van der Waals surface area (Å²) in [6.07, 6.45) is 9.07. The van der Waals surface area contributed by atoms with Gasteiger partial charge in [0.15, 0.2) is 0 Å². The molecular weight excluding hydrogens is 222 g/mol. The van der Waals surface area contributed by atoms with E-state index in [1.54, 1.807) is 12.4 Å². The van der Waals surface area contributed by atoms with Crippen molar-refractivity contribution in [3.8, 4) is 0 Å². The van der Waals surface area contributed by atoms with Gasteiger partial charge in [-0.15, -0.1) is 0 Å². The lowest BCUT2D eigenvalue weighted by molar-refractivity contribution is 0.467. The predicted octanol–water partition coefficient (Wildman–Crippen LogP) is 2.69. The second-order valence-electron chi connectivity index (χ2n) is 4.03. The number of nitrogens with zero attached hydrogens (tertiary/aromatic N) is 1. The van der Waals surface area contributed by atoms with Crippen molar-refractivity contribution in [2.45, 2.75) is 45.1 Å². The van der Waals surface area contributed by atoms with Crippen molar-refractivity contribution >= 4 is 11.6 Å². The van der Waals surface area contributed by atoms with E-state index in [9.17, 15) is 0 Å². The molecule has 0 spiro atoms. The van der Waals surface area contributed by atoms with Gasteiger partial charge in [-0.2, -0.15) is 0 Å². The smallest absolute Gasteiger partial charge is 0.0621 e. The van der Waals surface area contributed by atoms with E-state index in [1.165, 1.54) is 19.3 Å². The van der Waals surface area contributed by atoms with Gasteiger partial charge in [-0.05, 0) is 24.5 Å². The summed E-state index contributed by atoms with van der Waals surface area (Å²) in [5, 5.41) is 0.721. The quantitative estimate of drug-likeness (QED) is 0.439. The molecule has 1 aromatic rings. The number of nitrogens with two attached hydrogens (primary N) is 1. The Bertz CT molecular complexity index is 304. The van der Waals surface area contributed by atoms with Gasteiger partial charge in [-0.25, -0.2) is 0 Å². The van der Waals surface area contributed by atoms with Crippen LogP contribution in [0.2, 0.25) is 5.02 Å². The first-order chi connectivity index (χ1) is 7.77. The first-order valence-corrected chi connectivity index (χ1v) is 6.20. The molecule has 0 fully saturated rings. The van der Waals surface area contributed by atoms with Crippen LogP contribution in [0.4, 0.5) is 0 Å². The standard InChI is InChI=1S/C12H20ClN3/c1-2-3-4-5-11(16-14)8-10-6-7-15-9-12(10)13/h6-7,9,11,16H,2-5,8,14H2,1H3. The van der Waals surface area contributed by atoms with Crippen LogP contribution in [0.5, 0.6) is 0 Å². The molecule has 0 aromatic carbocycles. The lowest BCUT2D eigenvalue weighted by atomic mass is 10.0. The lowest BCUT2D eigenvalue weighted by Gasteiger charge is -2.16. The second kappa shape index (κ2) is 7.60. The van der Waals surface area contributed by atoms with Gasteiger partial charge in [0.2, 0.25) is 0 Å². The highest BCUT2D eigenvalue weighted by molar-refractivity contribution is 6.31. The van der Waals surface area contributed by atoms with Crippen LogP contribution in [0.3, 0.4) is 0 Å². The zero-order chi connectivity index (χ0) is 11.8. The normalized spacial score (nSPS) is 12.7. The largest absolute Gasteiger partial charge is 0.271 e. The zero-order valence-electron chi connectivity index (χ0n) is 9.75. The van der Waals surface area contributed by atoms with Gasteiger partial charge in [0.1, 0.15) is 0 Å². The third-order valence-corrected chi connectivity index (χ3v) is 3.05. The van der Waals surface area contributed by atoms with Crippen molar-refractivity contribution < 1.29 is 0 Å². The maximum absolute atomic E-state index is 6.06. The third kappa shape index (κ3) is 4.47. The van der Waals surface area contributed by atoms with Gasteiger partial charge in [0.25, 0.3) is 0 Å². The molecule has 1 atom stereocenters. The molecule has 0 aliphatic heterocycles. The summed E-state index contributed by atoms with van der Waals surface area (Å²) in [6, 6.07) is 2.25. The van der Waals surface area contributed by atoms with Crippen LogP contribution in [0.1, 0.15) is 38.2 Å². The number of unbranched alkanes of at least 4 members (excludes halogenated alkanes) is 2. The number of pyridine rings is 1. The number of aromatic nitrogens is 1. The molecule has 1 rings (SSSR count). The number of hydrazine groups is 1. The molecule has 0 aliphatic rings. The van der Waals surface area contributed by atoms with Gasteiger partial charge < -0.3 is 0 Å². The Labute approximate surface area is 102 Å². The summed E-state index contributed by atoms with van der Waals surface area (Å²) in [5.41, 5.74) is 3.97. The predicted molar refractivity (Wildman–Crippen MR) is 68.2 cm³/mol. The van der Waals surface area contributed by atoms with Crippen molar-refractivity contribution in [3.05, 3.63) is 29.0 Å². The minimum Gasteiger partial charge on any atom is -0.271 e. The van der Waals surface area contributed by atoms with Gasteiger partial charge in [-0.3, -0.25) is 16.3 Å². The number of halogens is 1. The molecule has 3 N–H and O–H groups in total. The van der Waals surface area contributed by atoms with E-state index in [-0.39, 0.29) is 0 Å². The topological polar surface area (TPSA) is 50.9 Å². The van der Waals surface area contributed by atoms with Crippen LogP contribution < -0.4 is 11.3 Å².